The van der Waals surface area contributed by atoms with E-state index in [1.165, 1.54) is 28.6 Å². The molecule has 1 aliphatic heterocycles. The van der Waals surface area contributed by atoms with Crippen molar-refractivity contribution in [1.82, 2.24) is 9.62 Å². The summed E-state index contributed by atoms with van der Waals surface area (Å²) in [6.45, 7) is 0.604. The zero-order valence-electron chi connectivity index (χ0n) is 15.5. The van der Waals surface area contributed by atoms with Crippen LogP contribution in [-0.2, 0) is 24.3 Å². The molecule has 2 rings (SSSR count). The molecule has 0 aliphatic carbocycles. The Morgan fingerprint density at radius 2 is 1.76 bits per heavy atom. The van der Waals surface area contributed by atoms with Crippen LogP contribution in [0.4, 0.5) is 13.2 Å². The first kappa shape index (κ1) is 23.4. The molecular formula is C17H23F3N2O6S. The average Bonchev–Trinajstić information content (AvgIpc) is 2.67. The number of hydrogen-bond donors (Lipinski definition) is 2. The zero-order valence-corrected chi connectivity index (χ0v) is 16.3. The molecule has 12 heteroatoms. The van der Waals surface area contributed by atoms with E-state index in [1.54, 1.807) is 5.32 Å². The summed E-state index contributed by atoms with van der Waals surface area (Å²) >= 11 is 0. The summed E-state index contributed by atoms with van der Waals surface area (Å²) in [5.74, 6) is -2.02. The summed E-state index contributed by atoms with van der Waals surface area (Å²) in [5, 5.41) is 11.0. The number of nitrogens with zero attached hydrogens (tertiary/aromatic N) is 1. The molecule has 0 spiro atoms. The number of carbonyl (C=O) groups is 1. The van der Waals surface area contributed by atoms with Crippen molar-refractivity contribution in [3.8, 4) is 5.75 Å². The number of phenolic OH excluding ortho intramolecular Hbond substituents is 1. The third kappa shape index (κ3) is 7.14. The van der Waals surface area contributed by atoms with Crippen molar-refractivity contribution in [2.75, 3.05) is 39.5 Å². The van der Waals surface area contributed by atoms with Crippen molar-refractivity contribution < 1.29 is 41.0 Å². The first-order chi connectivity index (χ1) is 13.6. The lowest BCUT2D eigenvalue weighted by Crippen LogP contribution is -2.41. The molecular weight excluding hydrogens is 417 g/mol. The van der Waals surface area contributed by atoms with Gasteiger partial charge in [0.1, 0.15) is 5.75 Å². The highest BCUT2D eigenvalue weighted by molar-refractivity contribution is 7.89. The second kappa shape index (κ2) is 10.2. The first-order valence-corrected chi connectivity index (χ1v) is 10.4. The van der Waals surface area contributed by atoms with Gasteiger partial charge in [0.15, 0.2) is 0 Å². The maximum atomic E-state index is 12.6. The Kier molecular flexibility index (Phi) is 8.25. The van der Waals surface area contributed by atoms with E-state index in [4.69, 9.17) is 9.47 Å². The number of nitrogens with one attached hydrogen (secondary N) is 1. The number of amides is 1. The van der Waals surface area contributed by atoms with E-state index >= 15 is 0 Å². The monoisotopic (exact) mass is 440 g/mol. The van der Waals surface area contributed by atoms with Gasteiger partial charge in [-0.2, -0.15) is 17.5 Å². The normalized spacial score (nSPS) is 16.7. The van der Waals surface area contributed by atoms with Crippen LogP contribution in [0.3, 0.4) is 0 Å². The molecule has 0 aromatic heterocycles. The molecule has 164 valence electrons. The van der Waals surface area contributed by atoms with E-state index in [0.717, 1.165) is 0 Å². The summed E-state index contributed by atoms with van der Waals surface area (Å²) in [4.78, 5) is 10.7. The molecule has 0 atom stereocenters. The van der Waals surface area contributed by atoms with Gasteiger partial charge in [-0.25, -0.2) is 8.42 Å². The minimum absolute atomic E-state index is 0.0130. The fourth-order valence-electron chi connectivity index (χ4n) is 2.72. The van der Waals surface area contributed by atoms with Crippen LogP contribution in [0, 0.1) is 0 Å². The van der Waals surface area contributed by atoms with Crippen molar-refractivity contribution in [1.29, 1.82) is 0 Å². The molecule has 0 saturated carbocycles. The predicted octanol–water partition coefficient (Wildman–Crippen LogP) is 1.26. The van der Waals surface area contributed by atoms with Crippen LogP contribution >= 0.6 is 0 Å². The number of sulfonamides is 1. The molecule has 1 fully saturated rings. The van der Waals surface area contributed by atoms with Crippen molar-refractivity contribution in [2.24, 2.45) is 0 Å². The lowest BCUT2D eigenvalue weighted by molar-refractivity contribution is -0.173. The zero-order chi connectivity index (χ0) is 21.5. The Labute approximate surface area is 166 Å². The average molecular weight is 440 g/mol. The van der Waals surface area contributed by atoms with Crippen LogP contribution in [0.1, 0.15) is 12.8 Å². The number of ether oxygens (including phenoxy) is 2. The molecule has 0 radical (unpaired) electrons. The van der Waals surface area contributed by atoms with E-state index in [1.807, 2.05) is 0 Å². The number of benzene rings is 1. The number of carbonyl (C=O) groups excluding carboxylic acids is 1. The first-order valence-electron chi connectivity index (χ1n) is 8.94. The van der Waals surface area contributed by atoms with E-state index in [0.29, 0.717) is 12.8 Å². The number of alkyl halides is 3. The van der Waals surface area contributed by atoms with Crippen LogP contribution in [0.2, 0.25) is 0 Å². The maximum Gasteiger partial charge on any atom is 0.471 e. The predicted molar refractivity (Wildman–Crippen MR) is 95.7 cm³/mol. The molecule has 2 N–H and O–H groups in total. The van der Waals surface area contributed by atoms with Gasteiger partial charge in [0.05, 0.1) is 30.8 Å². The summed E-state index contributed by atoms with van der Waals surface area (Å²) < 4.78 is 73.1. The van der Waals surface area contributed by atoms with Gasteiger partial charge in [-0.15, -0.1) is 0 Å². The Bertz CT molecular complexity index is 762. The molecule has 0 bridgehead atoms. The summed E-state index contributed by atoms with van der Waals surface area (Å²) in [7, 11) is -3.63. The van der Waals surface area contributed by atoms with Crippen molar-refractivity contribution >= 4 is 15.9 Å². The maximum absolute atomic E-state index is 12.6. The van der Waals surface area contributed by atoms with Gasteiger partial charge in [0, 0.05) is 19.6 Å². The van der Waals surface area contributed by atoms with Crippen LogP contribution < -0.4 is 5.32 Å². The fourth-order valence-corrected chi connectivity index (χ4v) is 4.19. The second-order valence-electron chi connectivity index (χ2n) is 6.33. The van der Waals surface area contributed by atoms with Gasteiger partial charge in [0.25, 0.3) is 0 Å². The molecule has 0 unspecified atom stereocenters. The van der Waals surface area contributed by atoms with Gasteiger partial charge in [-0.1, -0.05) is 0 Å². The highest BCUT2D eigenvalue weighted by atomic mass is 32.2. The van der Waals surface area contributed by atoms with Gasteiger partial charge in [0.2, 0.25) is 10.0 Å². The number of hydrogen-bond acceptors (Lipinski definition) is 6. The minimum Gasteiger partial charge on any atom is -0.508 e. The highest BCUT2D eigenvalue weighted by Crippen LogP contribution is 2.23. The van der Waals surface area contributed by atoms with Gasteiger partial charge < -0.3 is 19.9 Å². The molecule has 1 aliphatic rings. The number of piperidine rings is 1. The van der Waals surface area contributed by atoms with Crippen LogP contribution in [0.15, 0.2) is 29.2 Å². The Morgan fingerprint density at radius 3 is 2.34 bits per heavy atom. The Hall–Kier alpha value is -1.89. The topological polar surface area (TPSA) is 105 Å². The highest BCUT2D eigenvalue weighted by Gasteiger charge is 2.38. The third-order valence-corrected chi connectivity index (χ3v) is 6.16. The number of phenols is 1. The van der Waals surface area contributed by atoms with Crippen molar-refractivity contribution in [3.05, 3.63) is 24.3 Å². The summed E-state index contributed by atoms with van der Waals surface area (Å²) in [6.07, 6.45) is -4.05. The molecule has 1 aromatic rings. The van der Waals surface area contributed by atoms with Gasteiger partial charge >= 0.3 is 12.1 Å². The number of rotatable bonds is 9. The Balaban J connectivity index is 1.61. The number of aromatic hydroxyl groups is 1. The second-order valence-corrected chi connectivity index (χ2v) is 8.27. The van der Waals surface area contributed by atoms with E-state index in [9.17, 15) is 31.5 Å². The van der Waals surface area contributed by atoms with E-state index < -0.39 is 22.1 Å². The van der Waals surface area contributed by atoms with Gasteiger partial charge in [-0.05, 0) is 37.1 Å². The molecule has 1 heterocycles. The molecule has 1 amide bonds. The summed E-state index contributed by atoms with van der Waals surface area (Å²) in [6, 6.07) is 5.33. The lowest BCUT2D eigenvalue weighted by Gasteiger charge is -2.31. The van der Waals surface area contributed by atoms with Crippen molar-refractivity contribution in [2.45, 2.75) is 30.0 Å². The SMILES string of the molecule is O=C(NCCOCCOC1CCN(S(=O)(=O)c2ccc(O)cc2)CC1)C(F)(F)F. The standard InChI is InChI=1S/C17H23F3N2O6S/c18-17(19,20)16(24)21-7-10-27-11-12-28-14-5-8-22(9-6-14)29(25,26)15-3-1-13(23)2-4-15/h1-4,14,23H,5-12H2,(H,21,24). The van der Waals surface area contributed by atoms with Crippen LogP contribution in [0.5, 0.6) is 5.75 Å². The molecule has 1 aromatic carbocycles. The van der Waals surface area contributed by atoms with Crippen LogP contribution in [0.25, 0.3) is 0 Å². The molecule has 29 heavy (non-hydrogen) atoms. The number of halogens is 3. The smallest absolute Gasteiger partial charge is 0.471 e. The summed E-state index contributed by atoms with van der Waals surface area (Å²) in [5.41, 5.74) is 0. The van der Waals surface area contributed by atoms with E-state index in [2.05, 4.69) is 0 Å². The van der Waals surface area contributed by atoms with E-state index in [-0.39, 0.29) is 56.2 Å². The Morgan fingerprint density at radius 1 is 1.14 bits per heavy atom. The van der Waals surface area contributed by atoms with Crippen LogP contribution in [-0.4, -0.2) is 75.5 Å². The quantitative estimate of drug-likeness (QED) is 0.560. The lowest BCUT2D eigenvalue weighted by atomic mass is 10.1. The fraction of sp³-hybridized carbons (Fsp3) is 0.588. The molecule has 8 nitrogen and oxygen atoms in total. The van der Waals surface area contributed by atoms with Gasteiger partial charge in [-0.3, -0.25) is 4.79 Å². The molecule has 1 saturated heterocycles. The largest absolute Gasteiger partial charge is 0.508 e. The van der Waals surface area contributed by atoms with Crippen molar-refractivity contribution in [3.63, 3.8) is 0 Å². The minimum atomic E-state index is -4.91. The third-order valence-electron chi connectivity index (χ3n) is 4.25.